The second kappa shape index (κ2) is 5.75. The van der Waals surface area contributed by atoms with Gasteiger partial charge in [-0.1, -0.05) is 0 Å². The zero-order valence-corrected chi connectivity index (χ0v) is 10.6. The zero-order valence-electron chi connectivity index (χ0n) is 10.6. The van der Waals surface area contributed by atoms with Crippen LogP contribution >= 0.6 is 0 Å². The van der Waals surface area contributed by atoms with Crippen molar-refractivity contribution in [3.63, 3.8) is 0 Å². The Morgan fingerprint density at radius 2 is 2.26 bits per heavy atom. The summed E-state index contributed by atoms with van der Waals surface area (Å²) < 4.78 is 42.9. The monoisotopic (exact) mass is 275 g/mol. The second-order valence-electron chi connectivity index (χ2n) is 4.40. The Bertz CT molecular complexity index is 406. The molecule has 1 aliphatic rings. The van der Waals surface area contributed by atoms with Gasteiger partial charge < -0.3 is 15.0 Å². The summed E-state index contributed by atoms with van der Waals surface area (Å²) in [6.45, 7) is 2.52. The summed E-state index contributed by atoms with van der Waals surface area (Å²) in [5.41, 5.74) is -0.726. The summed E-state index contributed by atoms with van der Waals surface area (Å²) >= 11 is 0. The Balaban J connectivity index is 2.05. The van der Waals surface area contributed by atoms with Crippen molar-refractivity contribution in [2.75, 3.05) is 38.2 Å². The van der Waals surface area contributed by atoms with Gasteiger partial charge in [0.05, 0.1) is 18.3 Å². The molecule has 2 rings (SSSR count). The molecule has 1 N–H and O–H groups in total. The van der Waals surface area contributed by atoms with Gasteiger partial charge in [0.15, 0.2) is 0 Å². The molecule has 0 saturated carbocycles. The lowest BCUT2D eigenvalue weighted by molar-refractivity contribution is -0.137. The molecular formula is C12H16F3N3O. The molecule has 1 unspecified atom stereocenters. The number of hydrogen-bond acceptors (Lipinski definition) is 4. The molecule has 0 radical (unpaired) electrons. The highest BCUT2D eigenvalue weighted by Gasteiger charge is 2.31. The third kappa shape index (κ3) is 3.57. The molecule has 19 heavy (non-hydrogen) atoms. The number of alkyl halides is 3. The van der Waals surface area contributed by atoms with Gasteiger partial charge in [-0.25, -0.2) is 4.98 Å². The summed E-state index contributed by atoms with van der Waals surface area (Å²) in [5, 5.41) is 3.02. The number of anilines is 1. The van der Waals surface area contributed by atoms with E-state index in [9.17, 15) is 13.2 Å². The fourth-order valence-corrected chi connectivity index (χ4v) is 2.02. The van der Waals surface area contributed by atoms with Crippen molar-refractivity contribution in [2.45, 2.75) is 12.3 Å². The molecule has 0 bridgehead atoms. The molecule has 1 atom stereocenters. The van der Waals surface area contributed by atoms with Gasteiger partial charge in [-0.05, 0) is 19.2 Å². The van der Waals surface area contributed by atoms with Crippen LogP contribution in [0.3, 0.4) is 0 Å². The predicted octanol–water partition coefficient (Wildman–Crippen LogP) is 1.52. The molecule has 2 heterocycles. The van der Waals surface area contributed by atoms with Gasteiger partial charge in [0.25, 0.3) is 0 Å². The second-order valence-corrected chi connectivity index (χ2v) is 4.40. The van der Waals surface area contributed by atoms with Crippen LogP contribution in [-0.2, 0) is 10.9 Å². The maximum Gasteiger partial charge on any atom is 0.417 e. The molecule has 0 aromatic carbocycles. The number of rotatable bonds is 3. The lowest BCUT2D eigenvalue weighted by Crippen LogP contribution is -2.46. The number of aromatic nitrogens is 1. The summed E-state index contributed by atoms with van der Waals surface area (Å²) in [7, 11) is 1.83. The molecule has 1 aliphatic heterocycles. The summed E-state index contributed by atoms with van der Waals surface area (Å²) in [4.78, 5) is 5.83. The fraction of sp³-hybridized carbons (Fsp3) is 0.583. The van der Waals surface area contributed by atoms with E-state index in [2.05, 4.69) is 10.3 Å². The molecule has 1 aromatic heterocycles. The highest BCUT2D eigenvalue weighted by molar-refractivity contribution is 5.40. The number of nitrogens with one attached hydrogen (secondary N) is 1. The van der Waals surface area contributed by atoms with E-state index in [1.807, 2.05) is 11.9 Å². The van der Waals surface area contributed by atoms with Gasteiger partial charge in [-0.3, -0.25) is 0 Å². The van der Waals surface area contributed by atoms with Crippen LogP contribution in [0.15, 0.2) is 18.3 Å². The lowest BCUT2D eigenvalue weighted by atomic mass is 10.2. The highest BCUT2D eigenvalue weighted by atomic mass is 19.4. The molecule has 1 fully saturated rings. The maximum atomic E-state index is 12.4. The van der Waals surface area contributed by atoms with Crippen LogP contribution in [0.25, 0.3) is 0 Å². The first-order valence-electron chi connectivity index (χ1n) is 6.05. The Kier molecular flexibility index (Phi) is 4.26. The van der Waals surface area contributed by atoms with Crippen LogP contribution in [0.1, 0.15) is 5.56 Å². The van der Waals surface area contributed by atoms with Crippen LogP contribution in [0.2, 0.25) is 0 Å². The Morgan fingerprint density at radius 3 is 2.84 bits per heavy atom. The van der Waals surface area contributed by atoms with Crippen molar-refractivity contribution in [3.8, 4) is 0 Å². The minimum Gasteiger partial charge on any atom is -0.373 e. The van der Waals surface area contributed by atoms with Crippen molar-refractivity contribution < 1.29 is 17.9 Å². The van der Waals surface area contributed by atoms with Crippen LogP contribution in [-0.4, -0.2) is 44.4 Å². The van der Waals surface area contributed by atoms with Gasteiger partial charge in [-0.2, -0.15) is 13.2 Å². The van der Waals surface area contributed by atoms with Crippen molar-refractivity contribution in [1.29, 1.82) is 0 Å². The minimum atomic E-state index is -4.34. The van der Waals surface area contributed by atoms with Gasteiger partial charge in [0, 0.05) is 25.8 Å². The van der Waals surface area contributed by atoms with Gasteiger partial charge in [0.1, 0.15) is 5.82 Å². The van der Waals surface area contributed by atoms with Crippen molar-refractivity contribution in [1.82, 2.24) is 10.3 Å². The van der Waals surface area contributed by atoms with E-state index in [0.717, 1.165) is 12.3 Å². The van der Waals surface area contributed by atoms with E-state index >= 15 is 0 Å². The molecule has 1 aromatic rings. The zero-order chi connectivity index (χ0) is 13.9. The van der Waals surface area contributed by atoms with Crippen LogP contribution in [0.5, 0.6) is 0 Å². The fourth-order valence-electron chi connectivity index (χ4n) is 2.02. The van der Waals surface area contributed by atoms with E-state index in [0.29, 0.717) is 32.1 Å². The Labute approximate surface area is 109 Å². The topological polar surface area (TPSA) is 37.4 Å². The number of likely N-dealkylation sites (N-methyl/N-ethyl adjacent to an activating group) is 1. The van der Waals surface area contributed by atoms with E-state index in [4.69, 9.17) is 4.74 Å². The summed E-state index contributed by atoms with van der Waals surface area (Å²) in [5.74, 6) is 0.553. The smallest absolute Gasteiger partial charge is 0.373 e. The molecule has 1 saturated heterocycles. The predicted molar refractivity (Wildman–Crippen MR) is 65.1 cm³/mol. The maximum absolute atomic E-state index is 12.4. The average Bonchev–Trinajstić information content (AvgIpc) is 2.39. The molecule has 4 nitrogen and oxygen atoms in total. The van der Waals surface area contributed by atoms with Crippen molar-refractivity contribution in [3.05, 3.63) is 23.9 Å². The summed E-state index contributed by atoms with van der Waals surface area (Å²) in [6, 6.07) is 2.47. The Morgan fingerprint density at radius 1 is 1.47 bits per heavy atom. The van der Waals surface area contributed by atoms with E-state index < -0.39 is 11.7 Å². The highest BCUT2D eigenvalue weighted by Crippen LogP contribution is 2.29. The first-order valence-corrected chi connectivity index (χ1v) is 6.05. The van der Waals surface area contributed by atoms with E-state index in [1.54, 1.807) is 0 Å². The van der Waals surface area contributed by atoms with Crippen LogP contribution in [0.4, 0.5) is 19.0 Å². The molecular weight excluding hydrogens is 259 g/mol. The third-order valence-corrected chi connectivity index (χ3v) is 2.97. The molecule has 0 amide bonds. The average molecular weight is 275 g/mol. The number of halogens is 3. The first-order chi connectivity index (χ1) is 9.00. The Hall–Kier alpha value is -1.34. The van der Waals surface area contributed by atoms with Gasteiger partial charge in [0.2, 0.25) is 0 Å². The van der Waals surface area contributed by atoms with Crippen molar-refractivity contribution >= 4 is 5.82 Å². The largest absolute Gasteiger partial charge is 0.417 e. The minimum absolute atomic E-state index is 0.0304. The first kappa shape index (κ1) is 14.1. The number of nitrogens with zero attached hydrogens (tertiary/aromatic N) is 2. The number of morpholine rings is 1. The molecule has 7 heteroatoms. The van der Waals surface area contributed by atoms with E-state index in [-0.39, 0.29) is 6.10 Å². The lowest BCUT2D eigenvalue weighted by Gasteiger charge is -2.33. The van der Waals surface area contributed by atoms with Crippen LogP contribution < -0.4 is 10.2 Å². The van der Waals surface area contributed by atoms with Crippen molar-refractivity contribution in [2.24, 2.45) is 0 Å². The normalized spacial score (nSPS) is 20.6. The standard InChI is InChI=1S/C12H16F3N3O/c1-16-7-10-8-18(4-5-19-10)11-3-2-9(6-17-11)12(13,14)15/h2-3,6,10,16H,4-5,7-8H2,1H3. The van der Waals surface area contributed by atoms with E-state index in [1.165, 1.54) is 6.07 Å². The molecule has 106 valence electrons. The summed E-state index contributed by atoms with van der Waals surface area (Å²) in [6.07, 6.45) is -3.44. The molecule has 0 aliphatic carbocycles. The third-order valence-electron chi connectivity index (χ3n) is 2.97. The van der Waals surface area contributed by atoms with Gasteiger partial charge in [-0.15, -0.1) is 0 Å². The number of pyridine rings is 1. The van der Waals surface area contributed by atoms with Gasteiger partial charge >= 0.3 is 6.18 Å². The number of ether oxygens (including phenoxy) is 1. The number of hydrogen-bond donors (Lipinski definition) is 1. The molecule has 0 spiro atoms. The quantitative estimate of drug-likeness (QED) is 0.907. The van der Waals surface area contributed by atoms with Crippen LogP contribution in [0, 0.1) is 0 Å². The SMILES string of the molecule is CNCC1CN(c2ccc(C(F)(F)F)cn2)CCO1.